The Morgan fingerprint density at radius 1 is 0.463 bits per heavy atom. The van der Waals surface area contributed by atoms with Crippen LogP contribution in [-0.2, 0) is 37.5 Å². The average Bonchev–Trinajstić information content (AvgIpc) is 3.31. The van der Waals surface area contributed by atoms with Crippen LogP contribution in [-0.4, -0.2) is 59.9 Å². The third-order valence-corrected chi connectivity index (χ3v) is 13.1. The van der Waals surface area contributed by atoms with Crippen molar-refractivity contribution in [2.75, 3.05) is 19.8 Å². The van der Waals surface area contributed by atoms with Crippen molar-refractivity contribution in [1.82, 2.24) is 0 Å². The summed E-state index contributed by atoms with van der Waals surface area (Å²) in [6, 6.07) is -1.52. The zero-order valence-electron chi connectivity index (χ0n) is 43.0. The summed E-state index contributed by atoms with van der Waals surface area (Å²) in [5, 5.41) is 8.93. The monoisotopic (exact) mass is 968 g/mol. The summed E-state index contributed by atoms with van der Waals surface area (Å²) in [7, 11) is -4.73. The average molecular weight is 968 g/mol. The molecule has 3 unspecified atom stereocenters. The van der Waals surface area contributed by atoms with E-state index in [4.69, 9.17) is 29.4 Å². The number of carbonyl (C=O) groups is 3. The number of phosphoric acid groups is 1. The van der Waals surface area contributed by atoms with Crippen LogP contribution in [0.3, 0.4) is 0 Å². The van der Waals surface area contributed by atoms with Crippen molar-refractivity contribution in [3.63, 3.8) is 0 Å². The van der Waals surface area contributed by atoms with Crippen LogP contribution in [0.1, 0.15) is 264 Å². The topological polar surface area (TPSA) is 172 Å². The fraction of sp³-hybridized carbons (Fsp3) is 0.836. The lowest BCUT2D eigenvalue weighted by Gasteiger charge is -2.20. The molecule has 67 heavy (non-hydrogen) atoms. The second-order valence-corrected chi connectivity index (χ2v) is 20.2. The summed E-state index contributed by atoms with van der Waals surface area (Å²) in [5.41, 5.74) is 5.36. The van der Waals surface area contributed by atoms with Crippen LogP contribution >= 0.6 is 7.82 Å². The predicted molar refractivity (Wildman–Crippen MR) is 277 cm³/mol. The molecule has 0 spiro atoms. The zero-order chi connectivity index (χ0) is 49.2. The number of aliphatic carboxylic acids is 1. The lowest BCUT2D eigenvalue weighted by molar-refractivity contribution is -0.161. The van der Waals surface area contributed by atoms with Crippen molar-refractivity contribution in [3.8, 4) is 0 Å². The van der Waals surface area contributed by atoms with E-state index in [0.717, 1.165) is 70.6 Å². The van der Waals surface area contributed by atoms with Gasteiger partial charge in [-0.15, -0.1) is 0 Å². The number of carbonyl (C=O) groups excluding carboxylic acids is 2. The van der Waals surface area contributed by atoms with Crippen LogP contribution in [0.5, 0.6) is 0 Å². The molecule has 0 fully saturated rings. The highest BCUT2D eigenvalue weighted by Crippen LogP contribution is 2.43. The number of nitrogens with two attached hydrogens (primary N) is 1. The van der Waals surface area contributed by atoms with Gasteiger partial charge < -0.3 is 25.2 Å². The molecule has 11 nitrogen and oxygen atoms in total. The molecule has 4 N–H and O–H groups in total. The summed E-state index contributed by atoms with van der Waals surface area (Å²) >= 11 is 0. The Kier molecular flexibility index (Phi) is 48.4. The number of allylic oxidation sites excluding steroid dienone is 6. The number of phosphoric ester groups is 1. The second-order valence-electron chi connectivity index (χ2n) is 18.7. The molecule has 0 aliphatic rings. The van der Waals surface area contributed by atoms with Crippen molar-refractivity contribution in [1.29, 1.82) is 0 Å². The lowest BCUT2D eigenvalue weighted by atomic mass is 10.0. The van der Waals surface area contributed by atoms with E-state index in [1.165, 1.54) is 154 Å². The number of ether oxygens (including phenoxy) is 2. The Morgan fingerprint density at radius 2 is 0.791 bits per heavy atom. The first kappa shape index (κ1) is 64.7. The molecule has 0 aliphatic heterocycles. The first-order chi connectivity index (χ1) is 32.6. The minimum atomic E-state index is -4.73. The molecule has 0 heterocycles. The van der Waals surface area contributed by atoms with Crippen molar-refractivity contribution in [3.05, 3.63) is 36.5 Å². The Bertz CT molecular complexity index is 1270. The highest BCUT2D eigenvalue weighted by atomic mass is 31.2. The Hall–Kier alpha value is -2.30. The number of carboxylic acids is 1. The largest absolute Gasteiger partial charge is 0.480 e. The lowest BCUT2D eigenvalue weighted by Crippen LogP contribution is -2.34. The van der Waals surface area contributed by atoms with Gasteiger partial charge in [-0.05, 0) is 51.4 Å². The highest BCUT2D eigenvalue weighted by molar-refractivity contribution is 7.47. The Labute approximate surface area is 410 Å². The SMILES string of the molecule is CCCCC/C=C\C/C=C\C/C=C\CCCCCCCCC(=O)OC(COC(=O)CCCCCCCCCCCCCCCCCCCCCCCCCC)COP(=O)(O)OCC(N)C(=O)O. The Balaban J connectivity index is 4.17. The summed E-state index contributed by atoms with van der Waals surface area (Å²) in [6.45, 7) is 2.82. The maximum atomic E-state index is 12.7. The van der Waals surface area contributed by atoms with Gasteiger partial charge in [-0.1, -0.05) is 237 Å². The number of rotatable bonds is 52. The molecule has 0 aromatic carbocycles. The van der Waals surface area contributed by atoms with E-state index in [1.807, 2.05) is 0 Å². The van der Waals surface area contributed by atoms with E-state index in [2.05, 4.69) is 50.3 Å². The number of unbranched alkanes of at least 4 members (excludes halogenated alkanes) is 32. The molecule has 0 amide bonds. The summed E-state index contributed by atoms with van der Waals surface area (Å²) < 4.78 is 32.9. The van der Waals surface area contributed by atoms with Gasteiger partial charge >= 0.3 is 25.7 Å². The fourth-order valence-electron chi connectivity index (χ4n) is 7.84. The van der Waals surface area contributed by atoms with Gasteiger partial charge in [0.1, 0.15) is 12.6 Å². The quantitative estimate of drug-likeness (QED) is 0.0229. The van der Waals surface area contributed by atoms with Crippen LogP contribution < -0.4 is 5.73 Å². The molecule has 0 bridgehead atoms. The van der Waals surface area contributed by atoms with Crippen LogP contribution in [0, 0.1) is 0 Å². The molecule has 0 saturated heterocycles. The minimum absolute atomic E-state index is 0.148. The molecule has 0 aromatic rings. The second kappa shape index (κ2) is 50.1. The normalized spacial score (nSPS) is 13.7. The molecule has 0 rings (SSSR count). The molecule has 3 atom stereocenters. The smallest absolute Gasteiger partial charge is 0.472 e. The highest BCUT2D eigenvalue weighted by Gasteiger charge is 2.28. The number of esters is 2. The molecule has 12 heteroatoms. The summed E-state index contributed by atoms with van der Waals surface area (Å²) in [5.74, 6) is -2.38. The third-order valence-electron chi connectivity index (χ3n) is 12.1. The van der Waals surface area contributed by atoms with Crippen molar-refractivity contribution in [2.45, 2.75) is 276 Å². The molecule has 0 aliphatic carbocycles. The van der Waals surface area contributed by atoms with E-state index in [0.29, 0.717) is 12.8 Å². The van der Waals surface area contributed by atoms with Crippen LogP contribution in [0.4, 0.5) is 0 Å². The summed E-state index contributed by atoms with van der Waals surface area (Å²) in [4.78, 5) is 46.3. The predicted octanol–water partition coefficient (Wildman–Crippen LogP) is 15.9. The van der Waals surface area contributed by atoms with Gasteiger partial charge in [0.25, 0.3) is 0 Å². The first-order valence-electron chi connectivity index (χ1n) is 27.5. The standard InChI is InChI=1S/C55H102NO10P/c1-3-5-7-9-11-13-15-17-19-21-23-24-25-26-27-29-30-32-34-36-38-40-42-44-46-53(57)63-48-51(49-64-67(61,62)65-50-52(56)55(59)60)66-54(58)47-45-43-41-39-37-35-33-31-28-22-20-18-16-14-12-10-8-6-4-2/h12,14,18,20,28,31,51-52H,3-11,13,15-17,19,21-27,29-30,32-50,56H2,1-2H3,(H,59,60)(H,61,62)/b14-12-,20-18-,31-28-. The maximum Gasteiger partial charge on any atom is 0.472 e. The fourth-order valence-corrected chi connectivity index (χ4v) is 8.62. The van der Waals surface area contributed by atoms with Gasteiger partial charge in [0.2, 0.25) is 0 Å². The van der Waals surface area contributed by atoms with E-state index >= 15 is 0 Å². The number of hydrogen-bond acceptors (Lipinski definition) is 9. The van der Waals surface area contributed by atoms with Gasteiger partial charge in [0, 0.05) is 12.8 Å². The molecule has 0 saturated carbocycles. The van der Waals surface area contributed by atoms with E-state index in [-0.39, 0.29) is 19.4 Å². The molecule has 0 aromatic heterocycles. The van der Waals surface area contributed by atoms with E-state index in [1.54, 1.807) is 0 Å². The van der Waals surface area contributed by atoms with Crippen LogP contribution in [0.2, 0.25) is 0 Å². The van der Waals surface area contributed by atoms with Crippen molar-refractivity contribution >= 4 is 25.7 Å². The first-order valence-corrected chi connectivity index (χ1v) is 29.0. The number of carboxylic acid groups (broad SMARTS) is 1. The molecular formula is C55H102NO10P. The van der Waals surface area contributed by atoms with E-state index in [9.17, 15) is 23.8 Å². The summed E-state index contributed by atoms with van der Waals surface area (Å²) in [6.07, 6.45) is 57.8. The van der Waals surface area contributed by atoms with Crippen molar-refractivity contribution in [2.24, 2.45) is 5.73 Å². The van der Waals surface area contributed by atoms with Gasteiger partial charge in [0.15, 0.2) is 6.10 Å². The van der Waals surface area contributed by atoms with Crippen molar-refractivity contribution < 1.29 is 47.5 Å². The van der Waals surface area contributed by atoms with Gasteiger partial charge in [-0.3, -0.25) is 23.4 Å². The minimum Gasteiger partial charge on any atom is -0.480 e. The molecule has 392 valence electrons. The zero-order valence-corrected chi connectivity index (χ0v) is 43.9. The Morgan fingerprint density at radius 3 is 1.21 bits per heavy atom. The van der Waals surface area contributed by atoms with Crippen LogP contribution in [0.25, 0.3) is 0 Å². The van der Waals surface area contributed by atoms with Gasteiger partial charge in [-0.25, -0.2) is 4.57 Å². The van der Waals surface area contributed by atoms with Gasteiger partial charge in [-0.2, -0.15) is 0 Å². The third kappa shape index (κ3) is 49.9. The van der Waals surface area contributed by atoms with Gasteiger partial charge in [0.05, 0.1) is 13.2 Å². The molecular weight excluding hydrogens is 866 g/mol. The van der Waals surface area contributed by atoms with E-state index < -0.39 is 51.1 Å². The molecule has 0 radical (unpaired) electrons. The maximum absolute atomic E-state index is 12.7. The number of hydrogen-bond donors (Lipinski definition) is 3. The van der Waals surface area contributed by atoms with Crippen LogP contribution in [0.15, 0.2) is 36.5 Å².